The summed E-state index contributed by atoms with van der Waals surface area (Å²) in [4.78, 5) is 22.7. The van der Waals surface area contributed by atoms with Gasteiger partial charge in [-0.3, -0.25) is 10.1 Å². The molecular formula is C16H12BrN5O3. The third kappa shape index (κ3) is 3.56. The van der Waals surface area contributed by atoms with Crippen LogP contribution in [-0.4, -0.2) is 25.6 Å². The molecule has 0 saturated carbocycles. The lowest BCUT2D eigenvalue weighted by Gasteiger charge is -1.98. The Hall–Kier alpha value is -3.07. The number of hydrogen-bond acceptors (Lipinski definition) is 5. The molecule has 0 aliphatic rings. The van der Waals surface area contributed by atoms with Gasteiger partial charge in [0.15, 0.2) is 5.82 Å². The van der Waals surface area contributed by atoms with Gasteiger partial charge in [0, 0.05) is 16.6 Å². The third-order valence-electron chi connectivity index (χ3n) is 3.41. The molecule has 126 valence electrons. The number of non-ortho nitro benzene ring substituents is 1. The maximum atomic E-state index is 12.5. The Morgan fingerprint density at radius 1 is 1.16 bits per heavy atom. The third-order valence-corrected chi connectivity index (χ3v) is 3.94. The first-order valence-corrected chi connectivity index (χ1v) is 7.98. The highest BCUT2D eigenvalue weighted by Gasteiger charge is 2.10. The number of nitro groups is 1. The van der Waals surface area contributed by atoms with Crippen LogP contribution < -0.4 is 5.69 Å². The molecule has 0 aliphatic carbocycles. The lowest BCUT2D eigenvalue weighted by Crippen LogP contribution is -2.21. The molecule has 1 heterocycles. The van der Waals surface area contributed by atoms with Crippen LogP contribution in [0.2, 0.25) is 0 Å². The number of hydrogen-bond donors (Lipinski definition) is 0. The second-order valence-corrected chi connectivity index (χ2v) is 6.04. The highest BCUT2D eigenvalue weighted by Crippen LogP contribution is 2.13. The van der Waals surface area contributed by atoms with Gasteiger partial charge in [-0.05, 0) is 48.9 Å². The van der Waals surface area contributed by atoms with Crippen LogP contribution >= 0.6 is 15.9 Å². The van der Waals surface area contributed by atoms with Crippen molar-refractivity contribution in [1.29, 1.82) is 0 Å². The van der Waals surface area contributed by atoms with Crippen LogP contribution in [0.15, 0.2) is 62.9 Å². The first kappa shape index (κ1) is 16.8. The van der Waals surface area contributed by atoms with E-state index in [1.807, 2.05) is 12.1 Å². The summed E-state index contributed by atoms with van der Waals surface area (Å²) < 4.78 is 3.33. The molecule has 0 saturated heterocycles. The number of benzene rings is 2. The lowest BCUT2D eigenvalue weighted by molar-refractivity contribution is -0.384. The first-order valence-electron chi connectivity index (χ1n) is 7.19. The molecule has 0 amide bonds. The van der Waals surface area contributed by atoms with Gasteiger partial charge in [-0.1, -0.05) is 15.9 Å². The van der Waals surface area contributed by atoms with Crippen LogP contribution in [0, 0.1) is 17.0 Å². The number of aryl methyl sites for hydroxylation is 1. The number of rotatable bonds is 4. The van der Waals surface area contributed by atoms with Crippen molar-refractivity contribution in [2.24, 2.45) is 5.10 Å². The van der Waals surface area contributed by atoms with Crippen LogP contribution in [0.3, 0.4) is 0 Å². The Labute approximate surface area is 150 Å². The van der Waals surface area contributed by atoms with Gasteiger partial charge in [0.05, 0.1) is 16.8 Å². The minimum atomic E-state index is -0.474. The van der Waals surface area contributed by atoms with Gasteiger partial charge >= 0.3 is 5.69 Å². The van der Waals surface area contributed by atoms with Gasteiger partial charge in [0.2, 0.25) is 0 Å². The largest absolute Gasteiger partial charge is 0.371 e. The Morgan fingerprint density at radius 2 is 1.80 bits per heavy atom. The van der Waals surface area contributed by atoms with Crippen molar-refractivity contribution in [1.82, 2.24) is 14.5 Å². The summed E-state index contributed by atoms with van der Waals surface area (Å²) in [5.74, 6) is 0.422. The summed E-state index contributed by atoms with van der Waals surface area (Å²) >= 11 is 3.34. The molecule has 0 unspecified atom stereocenters. The van der Waals surface area contributed by atoms with E-state index in [1.54, 1.807) is 31.2 Å². The van der Waals surface area contributed by atoms with Gasteiger partial charge < -0.3 is 0 Å². The molecule has 0 spiro atoms. The van der Waals surface area contributed by atoms with E-state index in [0.29, 0.717) is 17.1 Å². The highest BCUT2D eigenvalue weighted by molar-refractivity contribution is 9.10. The normalized spacial score (nSPS) is 11.1. The average Bonchev–Trinajstić information content (AvgIpc) is 2.88. The summed E-state index contributed by atoms with van der Waals surface area (Å²) in [7, 11) is 0. The molecule has 9 heteroatoms. The molecule has 0 N–H and O–H groups in total. The highest BCUT2D eigenvalue weighted by atomic mass is 79.9. The molecular weight excluding hydrogens is 390 g/mol. The molecule has 8 nitrogen and oxygen atoms in total. The standard InChI is InChI=1S/C16H12BrN5O3/c1-11-19-21(14-8-4-13(17)5-9-14)16(23)20(11)18-10-12-2-6-15(7-3-12)22(24)25/h2-10H,1H3/b18-10+. The molecule has 0 atom stereocenters. The topological polar surface area (TPSA) is 95.3 Å². The molecule has 0 bridgehead atoms. The van der Waals surface area contributed by atoms with Crippen LogP contribution in [0.4, 0.5) is 5.69 Å². The Kier molecular flexibility index (Phi) is 4.57. The van der Waals surface area contributed by atoms with Crippen molar-refractivity contribution in [3.8, 4) is 5.69 Å². The molecule has 0 fully saturated rings. The number of nitro benzene ring substituents is 1. The van der Waals surface area contributed by atoms with Crippen molar-refractivity contribution in [2.75, 3.05) is 0 Å². The summed E-state index contributed by atoms with van der Waals surface area (Å²) in [6.45, 7) is 1.67. The first-order chi connectivity index (χ1) is 12.0. The van der Waals surface area contributed by atoms with E-state index in [9.17, 15) is 14.9 Å². The molecule has 0 aliphatic heterocycles. The van der Waals surface area contributed by atoms with Crippen LogP contribution in [-0.2, 0) is 0 Å². The molecule has 2 aromatic carbocycles. The van der Waals surface area contributed by atoms with E-state index in [2.05, 4.69) is 26.1 Å². The summed E-state index contributed by atoms with van der Waals surface area (Å²) in [6, 6.07) is 13.0. The zero-order valence-electron chi connectivity index (χ0n) is 13.0. The Balaban J connectivity index is 1.91. The predicted molar refractivity (Wildman–Crippen MR) is 96.3 cm³/mol. The minimum Gasteiger partial charge on any atom is -0.258 e. The van der Waals surface area contributed by atoms with Crippen molar-refractivity contribution >= 4 is 27.8 Å². The molecule has 3 aromatic rings. The van der Waals surface area contributed by atoms with E-state index in [-0.39, 0.29) is 5.69 Å². The van der Waals surface area contributed by atoms with Gasteiger partial charge in [-0.15, -0.1) is 5.10 Å². The lowest BCUT2D eigenvalue weighted by atomic mass is 10.2. The SMILES string of the molecule is Cc1nn(-c2ccc(Br)cc2)c(=O)n1/N=C/c1ccc([N+](=O)[O-])cc1. The van der Waals surface area contributed by atoms with E-state index < -0.39 is 10.6 Å². The van der Waals surface area contributed by atoms with Crippen LogP contribution in [0.1, 0.15) is 11.4 Å². The van der Waals surface area contributed by atoms with E-state index >= 15 is 0 Å². The fourth-order valence-corrected chi connectivity index (χ4v) is 2.41. The average molecular weight is 402 g/mol. The summed E-state index contributed by atoms with van der Waals surface area (Å²) in [5.41, 5.74) is 0.848. The Bertz CT molecular complexity index is 1000. The van der Waals surface area contributed by atoms with Gasteiger partial charge in [0.1, 0.15) is 0 Å². The summed E-state index contributed by atoms with van der Waals surface area (Å²) in [6.07, 6.45) is 1.45. The molecule has 25 heavy (non-hydrogen) atoms. The maximum absolute atomic E-state index is 12.5. The van der Waals surface area contributed by atoms with Gasteiger partial charge in [0.25, 0.3) is 5.69 Å². The van der Waals surface area contributed by atoms with Crippen molar-refractivity contribution < 1.29 is 4.92 Å². The van der Waals surface area contributed by atoms with Crippen molar-refractivity contribution in [3.63, 3.8) is 0 Å². The molecule has 1 aromatic heterocycles. The zero-order chi connectivity index (χ0) is 18.0. The smallest absolute Gasteiger partial charge is 0.258 e. The fraction of sp³-hybridized carbons (Fsp3) is 0.0625. The van der Waals surface area contributed by atoms with Crippen molar-refractivity contribution in [2.45, 2.75) is 6.92 Å². The number of aromatic nitrogens is 3. The maximum Gasteiger partial charge on any atom is 0.371 e. The number of nitrogens with zero attached hydrogens (tertiary/aromatic N) is 5. The van der Waals surface area contributed by atoms with Crippen LogP contribution in [0.5, 0.6) is 0 Å². The fourth-order valence-electron chi connectivity index (χ4n) is 2.15. The number of halogens is 1. The van der Waals surface area contributed by atoms with Gasteiger partial charge in [-0.2, -0.15) is 14.5 Å². The predicted octanol–water partition coefficient (Wildman–Crippen LogP) is 2.90. The zero-order valence-corrected chi connectivity index (χ0v) is 14.6. The van der Waals surface area contributed by atoms with Crippen molar-refractivity contribution in [3.05, 3.63) is 85.0 Å². The molecule has 3 rings (SSSR count). The van der Waals surface area contributed by atoms with E-state index in [4.69, 9.17) is 0 Å². The van der Waals surface area contributed by atoms with E-state index in [1.165, 1.54) is 27.7 Å². The quantitative estimate of drug-likeness (QED) is 0.381. The second kappa shape index (κ2) is 6.81. The van der Waals surface area contributed by atoms with Crippen LogP contribution in [0.25, 0.3) is 5.69 Å². The monoisotopic (exact) mass is 401 g/mol. The Morgan fingerprint density at radius 3 is 2.40 bits per heavy atom. The summed E-state index contributed by atoms with van der Waals surface area (Å²) in [5, 5.41) is 19.0. The van der Waals surface area contributed by atoms with E-state index in [0.717, 1.165) is 4.47 Å². The van der Waals surface area contributed by atoms with Gasteiger partial charge in [-0.25, -0.2) is 4.79 Å². The minimum absolute atomic E-state index is 0.00597. The molecule has 0 radical (unpaired) electrons. The second-order valence-electron chi connectivity index (χ2n) is 5.12.